The van der Waals surface area contributed by atoms with E-state index in [2.05, 4.69) is 19.9 Å². The monoisotopic (exact) mass is 454 g/mol. The van der Waals surface area contributed by atoms with E-state index in [1.54, 1.807) is 12.1 Å². The van der Waals surface area contributed by atoms with E-state index in [9.17, 15) is 9.59 Å². The lowest BCUT2D eigenvalue weighted by Gasteiger charge is -2.15. The maximum absolute atomic E-state index is 13.2. The van der Waals surface area contributed by atoms with Crippen LogP contribution in [0.3, 0.4) is 0 Å². The van der Waals surface area contributed by atoms with Crippen molar-refractivity contribution < 1.29 is 19.4 Å². The summed E-state index contributed by atoms with van der Waals surface area (Å²) in [6.45, 7) is 4.60. The van der Waals surface area contributed by atoms with Crippen LogP contribution >= 0.6 is 0 Å². The molecule has 34 heavy (non-hydrogen) atoms. The Morgan fingerprint density at radius 3 is 2.41 bits per heavy atom. The van der Waals surface area contributed by atoms with E-state index in [0.717, 1.165) is 40.0 Å². The number of carboxylic acid groups (broad SMARTS) is 1. The number of ketones is 1. The van der Waals surface area contributed by atoms with E-state index >= 15 is 0 Å². The summed E-state index contributed by atoms with van der Waals surface area (Å²) in [4.78, 5) is 24.4. The van der Waals surface area contributed by atoms with Gasteiger partial charge < -0.3 is 9.84 Å². The van der Waals surface area contributed by atoms with Crippen molar-refractivity contribution in [2.24, 2.45) is 11.8 Å². The number of Topliss-reactive ketones (excluding diaryl/α,β-unsaturated/α-hetero) is 1. The second-order valence-corrected chi connectivity index (χ2v) is 9.74. The van der Waals surface area contributed by atoms with Crippen molar-refractivity contribution in [2.45, 2.75) is 52.6 Å². The van der Waals surface area contributed by atoms with E-state index in [1.807, 2.05) is 36.4 Å². The smallest absolute Gasteiger partial charge is 0.335 e. The zero-order valence-corrected chi connectivity index (χ0v) is 19.8. The normalized spacial score (nSPS) is 17.7. The van der Waals surface area contributed by atoms with Crippen LogP contribution in [0.15, 0.2) is 54.6 Å². The largest absolute Gasteiger partial charge is 0.489 e. The molecule has 0 aromatic heterocycles. The molecule has 0 saturated heterocycles. The molecule has 1 N–H and O–H groups in total. The van der Waals surface area contributed by atoms with E-state index in [0.29, 0.717) is 18.3 Å². The minimum Gasteiger partial charge on any atom is -0.489 e. The van der Waals surface area contributed by atoms with Gasteiger partial charge in [-0.25, -0.2) is 4.79 Å². The number of carbonyl (C=O) groups excluding carboxylic acids is 1. The second-order valence-electron chi connectivity index (χ2n) is 9.74. The van der Waals surface area contributed by atoms with Crippen molar-refractivity contribution in [3.63, 3.8) is 0 Å². The van der Waals surface area contributed by atoms with Gasteiger partial charge in [0.25, 0.3) is 0 Å². The lowest BCUT2D eigenvalue weighted by molar-refractivity contribution is 0.0696. The first kappa shape index (κ1) is 22.4. The number of hydrogen-bond acceptors (Lipinski definition) is 3. The van der Waals surface area contributed by atoms with E-state index in [4.69, 9.17) is 9.84 Å². The molecule has 5 rings (SSSR count). The molecule has 3 aromatic carbocycles. The quantitative estimate of drug-likeness (QED) is 0.445. The Balaban J connectivity index is 1.34. The van der Waals surface area contributed by atoms with Crippen molar-refractivity contribution in [2.75, 3.05) is 0 Å². The summed E-state index contributed by atoms with van der Waals surface area (Å²) >= 11 is 0. The molecular formula is C30H30O4. The molecule has 2 aliphatic carbocycles. The molecule has 0 bridgehead atoms. The van der Waals surface area contributed by atoms with Crippen molar-refractivity contribution in [3.05, 3.63) is 88.0 Å². The minimum atomic E-state index is -0.929. The number of fused-ring (bicyclic) bond motifs is 1. The van der Waals surface area contributed by atoms with Gasteiger partial charge in [-0.1, -0.05) is 43.2 Å². The Morgan fingerprint density at radius 2 is 1.71 bits per heavy atom. The van der Waals surface area contributed by atoms with Crippen molar-refractivity contribution in [1.82, 2.24) is 0 Å². The molecule has 1 saturated carbocycles. The van der Waals surface area contributed by atoms with Gasteiger partial charge in [-0.3, -0.25) is 4.79 Å². The van der Waals surface area contributed by atoms with Crippen LogP contribution in [0.1, 0.15) is 68.7 Å². The predicted octanol–water partition coefficient (Wildman–Crippen LogP) is 6.79. The van der Waals surface area contributed by atoms with Crippen LogP contribution in [0, 0.1) is 25.7 Å². The third-order valence-electron chi connectivity index (χ3n) is 7.77. The summed E-state index contributed by atoms with van der Waals surface area (Å²) in [7, 11) is 0. The molecular weight excluding hydrogens is 424 g/mol. The highest BCUT2D eigenvalue weighted by Gasteiger charge is 2.38. The Kier molecular flexibility index (Phi) is 5.99. The van der Waals surface area contributed by atoms with Crippen LogP contribution < -0.4 is 4.74 Å². The predicted molar refractivity (Wildman–Crippen MR) is 133 cm³/mol. The molecule has 4 nitrogen and oxygen atoms in total. The summed E-state index contributed by atoms with van der Waals surface area (Å²) in [6.07, 6.45) is 5.75. The Morgan fingerprint density at radius 1 is 0.971 bits per heavy atom. The van der Waals surface area contributed by atoms with Crippen LogP contribution in [-0.4, -0.2) is 16.9 Å². The second kappa shape index (κ2) is 9.09. The van der Waals surface area contributed by atoms with Gasteiger partial charge in [0.15, 0.2) is 5.78 Å². The van der Waals surface area contributed by atoms with Crippen LogP contribution in [0.2, 0.25) is 0 Å². The van der Waals surface area contributed by atoms with Gasteiger partial charge >= 0.3 is 5.97 Å². The highest BCUT2D eigenvalue weighted by molar-refractivity contribution is 6.03. The first-order valence-corrected chi connectivity index (χ1v) is 12.1. The fourth-order valence-electron chi connectivity index (χ4n) is 5.63. The number of aromatic carboxylic acids is 1. The number of hydrogen-bond donors (Lipinski definition) is 1. The zero-order chi connectivity index (χ0) is 23.8. The molecule has 0 heterocycles. The van der Waals surface area contributed by atoms with Crippen LogP contribution in [0.5, 0.6) is 5.75 Å². The fourth-order valence-corrected chi connectivity index (χ4v) is 5.63. The number of benzene rings is 3. The SMILES string of the molecule is Cc1c(OCc2cccc(-c3ccc(C(=O)O)cc3)c2)cc2c(c1C)C[C@@H](C1CCCC1)C2=O. The molecule has 0 unspecified atom stereocenters. The van der Waals surface area contributed by atoms with Gasteiger partial charge in [-0.05, 0) is 96.7 Å². The Hall–Kier alpha value is -3.40. The molecule has 0 spiro atoms. The first-order chi connectivity index (χ1) is 16.4. The van der Waals surface area contributed by atoms with Crippen molar-refractivity contribution >= 4 is 11.8 Å². The van der Waals surface area contributed by atoms with E-state index < -0.39 is 5.97 Å². The standard InChI is InChI=1S/C30H30O4/c1-18-19(2)28(16-27-25(18)15-26(29(27)31)22-7-3-4-8-22)34-17-20-6-5-9-24(14-20)21-10-12-23(13-11-21)30(32)33/h5-6,9-14,16,22,26H,3-4,7-8,15,17H2,1-2H3,(H,32,33)/t26-/m0/s1. The van der Waals surface area contributed by atoms with Crippen LogP contribution in [-0.2, 0) is 13.0 Å². The third kappa shape index (κ3) is 4.13. The van der Waals surface area contributed by atoms with Gasteiger partial charge in [0.2, 0.25) is 0 Å². The topological polar surface area (TPSA) is 63.6 Å². The molecule has 174 valence electrons. The average Bonchev–Trinajstić information content (AvgIpc) is 3.49. The van der Waals surface area contributed by atoms with Gasteiger partial charge in [-0.2, -0.15) is 0 Å². The lowest BCUT2D eigenvalue weighted by Crippen LogP contribution is -2.18. The summed E-state index contributed by atoms with van der Waals surface area (Å²) in [6, 6.07) is 16.9. The van der Waals surface area contributed by atoms with Gasteiger partial charge in [-0.15, -0.1) is 0 Å². The molecule has 2 aliphatic rings. The number of carboxylic acids is 1. The molecule has 0 aliphatic heterocycles. The molecule has 1 atom stereocenters. The third-order valence-corrected chi connectivity index (χ3v) is 7.77. The average molecular weight is 455 g/mol. The molecule has 0 radical (unpaired) electrons. The summed E-state index contributed by atoms with van der Waals surface area (Å²) < 4.78 is 6.25. The maximum atomic E-state index is 13.2. The highest BCUT2D eigenvalue weighted by Crippen LogP contribution is 2.43. The highest BCUT2D eigenvalue weighted by atomic mass is 16.5. The zero-order valence-electron chi connectivity index (χ0n) is 19.8. The first-order valence-electron chi connectivity index (χ1n) is 12.1. The Labute approximate surface area is 200 Å². The maximum Gasteiger partial charge on any atom is 0.335 e. The molecule has 1 fully saturated rings. The minimum absolute atomic E-state index is 0.148. The van der Waals surface area contributed by atoms with Gasteiger partial charge in [0.05, 0.1) is 5.56 Å². The van der Waals surface area contributed by atoms with Gasteiger partial charge in [0, 0.05) is 11.5 Å². The number of carbonyl (C=O) groups is 2. The summed E-state index contributed by atoms with van der Waals surface area (Å²) in [5, 5.41) is 9.12. The van der Waals surface area contributed by atoms with Crippen LogP contribution in [0.25, 0.3) is 11.1 Å². The molecule has 3 aromatic rings. The van der Waals surface area contributed by atoms with E-state index in [1.165, 1.54) is 36.8 Å². The fraction of sp³-hybridized carbons (Fsp3) is 0.333. The number of ether oxygens (including phenoxy) is 1. The van der Waals surface area contributed by atoms with Gasteiger partial charge in [0.1, 0.15) is 12.4 Å². The summed E-state index contributed by atoms with van der Waals surface area (Å²) in [5.41, 5.74) is 7.64. The molecule has 0 amide bonds. The van der Waals surface area contributed by atoms with Crippen LogP contribution in [0.4, 0.5) is 0 Å². The molecule has 4 heteroatoms. The lowest BCUT2D eigenvalue weighted by atomic mass is 9.87. The van der Waals surface area contributed by atoms with Crippen molar-refractivity contribution in [3.8, 4) is 16.9 Å². The van der Waals surface area contributed by atoms with E-state index in [-0.39, 0.29) is 11.5 Å². The summed E-state index contributed by atoms with van der Waals surface area (Å²) in [5.74, 6) is 0.850. The number of rotatable bonds is 6. The van der Waals surface area contributed by atoms with Crippen molar-refractivity contribution in [1.29, 1.82) is 0 Å². The Bertz CT molecular complexity index is 1250.